The summed E-state index contributed by atoms with van der Waals surface area (Å²) in [5.41, 5.74) is 2.73. The predicted octanol–water partition coefficient (Wildman–Crippen LogP) is 2.58. The third-order valence-corrected chi connectivity index (χ3v) is 5.73. The highest BCUT2D eigenvalue weighted by atomic mass is 79.9. The highest BCUT2D eigenvalue weighted by Gasteiger charge is 2.36. The Bertz CT molecular complexity index is 476. The molecule has 1 aliphatic carbocycles. The van der Waals surface area contributed by atoms with Crippen LogP contribution in [-0.2, 0) is 18.2 Å². The van der Waals surface area contributed by atoms with Crippen LogP contribution < -0.4 is 5.32 Å². The van der Waals surface area contributed by atoms with Gasteiger partial charge in [0.15, 0.2) is 0 Å². The van der Waals surface area contributed by atoms with Crippen molar-refractivity contribution in [1.29, 1.82) is 0 Å². The molecule has 1 saturated heterocycles. The van der Waals surface area contributed by atoms with Crippen LogP contribution in [0, 0.1) is 12.3 Å². The SMILES string of the molecule is Cc1nn(C)c(CC2(CNC3CC3)CCOCC2)c1Br. The fourth-order valence-corrected chi connectivity index (χ4v) is 3.57. The molecule has 1 aromatic rings. The minimum atomic E-state index is 0.323. The summed E-state index contributed by atoms with van der Waals surface area (Å²) >= 11 is 3.71. The molecule has 20 heavy (non-hydrogen) atoms. The van der Waals surface area contributed by atoms with Crippen LogP contribution in [0.2, 0.25) is 0 Å². The van der Waals surface area contributed by atoms with Crippen LogP contribution in [0.3, 0.4) is 0 Å². The van der Waals surface area contributed by atoms with E-state index in [-0.39, 0.29) is 0 Å². The van der Waals surface area contributed by atoms with Crippen molar-refractivity contribution in [1.82, 2.24) is 15.1 Å². The molecule has 2 fully saturated rings. The van der Waals surface area contributed by atoms with E-state index in [0.29, 0.717) is 5.41 Å². The molecule has 1 aliphatic heterocycles. The summed E-state index contributed by atoms with van der Waals surface area (Å²) in [5.74, 6) is 0. The monoisotopic (exact) mass is 341 g/mol. The van der Waals surface area contributed by atoms with E-state index in [1.165, 1.54) is 23.0 Å². The molecule has 2 heterocycles. The molecule has 0 unspecified atom stereocenters. The Morgan fingerprint density at radius 1 is 1.40 bits per heavy atom. The van der Waals surface area contributed by atoms with Crippen LogP contribution in [0.4, 0.5) is 0 Å². The van der Waals surface area contributed by atoms with Crippen molar-refractivity contribution in [3.8, 4) is 0 Å². The Morgan fingerprint density at radius 3 is 2.65 bits per heavy atom. The van der Waals surface area contributed by atoms with Gasteiger partial charge in [-0.1, -0.05) is 0 Å². The fraction of sp³-hybridized carbons (Fsp3) is 0.800. The smallest absolute Gasteiger partial charge is 0.0738 e. The highest BCUT2D eigenvalue weighted by molar-refractivity contribution is 9.10. The maximum absolute atomic E-state index is 5.59. The van der Waals surface area contributed by atoms with Gasteiger partial charge in [0.05, 0.1) is 15.9 Å². The Kier molecular flexibility index (Phi) is 4.20. The lowest BCUT2D eigenvalue weighted by atomic mass is 9.76. The van der Waals surface area contributed by atoms with E-state index in [2.05, 4.69) is 40.3 Å². The number of nitrogens with zero attached hydrogens (tertiary/aromatic N) is 2. The molecule has 2 aliphatic rings. The standard InChI is InChI=1S/C15H24BrN3O/c1-11-14(16)13(19(2)18-11)9-15(5-7-20-8-6-15)10-17-12-3-4-12/h12,17H,3-10H2,1-2H3. The van der Waals surface area contributed by atoms with Crippen molar-refractivity contribution in [2.24, 2.45) is 12.5 Å². The topological polar surface area (TPSA) is 39.1 Å². The predicted molar refractivity (Wildman–Crippen MR) is 82.9 cm³/mol. The highest BCUT2D eigenvalue weighted by Crippen LogP contribution is 2.37. The molecule has 1 N–H and O–H groups in total. The van der Waals surface area contributed by atoms with Gasteiger partial charge in [0.25, 0.3) is 0 Å². The van der Waals surface area contributed by atoms with Crippen molar-refractivity contribution < 1.29 is 4.74 Å². The van der Waals surface area contributed by atoms with E-state index in [9.17, 15) is 0 Å². The van der Waals surface area contributed by atoms with Gasteiger partial charge in [0, 0.05) is 32.8 Å². The van der Waals surface area contributed by atoms with Gasteiger partial charge in [-0.3, -0.25) is 4.68 Å². The van der Waals surface area contributed by atoms with E-state index in [4.69, 9.17) is 4.74 Å². The molecule has 0 bridgehead atoms. The van der Waals surface area contributed by atoms with Crippen molar-refractivity contribution in [2.75, 3.05) is 19.8 Å². The van der Waals surface area contributed by atoms with Gasteiger partial charge < -0.3 is 10.1 Å². The van der Waals surface area contributed by atoms with Crippen LogP contribution in [-0.4, -0.2) is 35.6 Å². The lowest BCUT2D eigenvalue weighted by molar-refractivity contribution is 0.0138. The summed E-state index contributed by atoms with van der Waals surface area (Å²) in [6.45, 7) is 4.95. The maximum Gasteiger partial charge on any atom is 0.0738 e. The van der Waals surface area contributed by atoms with Gasteiger partial charge in [-0.05, 0) is 60.4 Å². The first-order valence-electron chi connectivity index (χ1n) is 7.59. The third-order valence-electron chi connectivity index (χ3n) is 4.70. The zero-order valence-corrected chi connectivity index (χ0v) is 14.0. The quantitative estimate of drug-likeness (QED) is 0.894. The molecular weight excluding hydrogens is 318 g/mol. The third kappa shape index (κ3) is 3.10. The number of aryl methyl sites for hydroxylation is 2. The Hall–Kier alpha value is -0.390. The number of nitrogens with one attached hydrogen (secondary N) is 1. The van der Waals surface area contributed by atoms with Gasteiger partial charge in [0.1, 0.15) is 0 Å². The molecule has 112 valence electrons. The summed E-state index contributed by atoms with van der Waals surface area (Å²) in [6.07, 6.45) is 6.06. The number of ether oxygens (including phenoxy) is 1. The lowest BCUT2D eigenvalue weighted by Gasteiger charge is -2.37. The average Bonchev–Trinajstić information content (AvgIpc) is 3.23. The second-order valence-electron chi connectivity index (χ2n) is 6.41. The van der Waals surface area contributed by atoms with Crippen molar-refractivity contribution >= 4 is 15.9 Å². The molecule has 4 nitrogen and oxygen atoms in total. The number of halogens is 1. The first kappa shape index (κ1) is 14.5. The molecule has 3 rings (SSSR count). The van der Waals surface area contributed by atoms with E-state index >= 15 is 0 Å². The summed E-state index contributed by atoms with van der Waals surface area (Å²) in [6, 6.07) is 0.770. The van der Waals surface area contributed by atoms with Crippen LogP contribution in [0.5, 0.6) is 0 Å². The number of rotatable bonds is 5. The zero-order chi connectivity index (χ0) is 14.2. The fourth-order valence-electron chi connectivity index (χ4n) is 3.10. The summed E-state index contributed by atoms with van der Waals surface area (Å²) < 4.78 is 8.80. The van der Waals surface area contributed by atoms with Gasteiger partial charge in [0.2, 0.25) is 0 Å². The second-order valence-corrected chi connectivity index (χ2v) is 7.21. The van der Waals surface area contributed by atoms with E-state index in [0.717, 1.165) is 50.8 Å². The molecule has 1 aromatic heterocycles. The largest absolute Gasteiger partial charge is 0.381 e. The van der Waals surface area contributed by atoms with Crippen molar-refractivity contribution in [3.63, 3.8) is 0 Å². The first-order chi connectivity index (χ1) is 9.60. The molecule has 0 radical (unpaired) electrons. The normalized spacial score (nSPS) is 22.1. The molecule has 0 spiro atoms. The minimum Gasteiger partial charge on any atom is -0.381 e. The van der Waals surface area contributed by atoms with Gasteiger partial charge in [-0.25, -0.2) is 0 Å². The lowest BCUT2D eigenvalue weighted by Crippen LogP contribution is -2.42. The van der Waals surface area contributed by atoms with E-state index < -0.39 is 0 Å². The average molecular weight is 342 g/mol. The van der Waals surface area contributed by atoms with Crippen LogP contribution >= 0.6 is 15.9 Å². The Balaban J connectivity index is 1.77. The van der Waals surface area contributed by atoms with Crippen molar-refractivity contribution in [3.05, 3.63) is 15.9 Å². The maximum atomic E-state index is 5.59. The number of hydrogen-bond acceptors (Lipinski definition) is 3. The Labute approximate surface area is 129 Å². The summed E-state index contributed by atoms with van der Waals surface area (Å²) in [5, 5.41) is 8.27. The van der Waals surface area contributed by atoms with Crippen LogP contribution in [0.1, 0.15) is 37.1 Å². The summed E-state index contributed by atoms with van der Waals surface area (Å²) in [7, 11) is 2.05. The van der Waals surface area contributed by atoms with Crippen LogP contribution in [0.15, 0.2) is 4.47 Å². The second kappa shape index (κ2) is 5.78. The molecule has 0 aromatic carbocycles. The first-order valence-corrected chi connectivity index (χ1v) is 8.38. The number of hydrogen-bond donors (Lipinski definition) is 1. The minimum absolute atomic E-state index is 0.323. The molecule has 0 amide bonds. The molecule has 0 atom stereocenters. The summed E-state index contributed by atoms with van der Waals surface area (Å²) in [4.78, 5) is 0. The van der Waals surface area contributed by atoms with Gasteiger partial charge in [-0.15, -0.1) is 0 Å². The molecular formula is C15H24BrN3O. The van der Waals surface area contributed by atoms with E-state index in [1.54, 1.807) is 0 Å². The molecule has 1 saturated carbocycles. The van der Waals surface area contributed by atoms with Crippen LogP contribution in [0.25, 0.3) is 0 Å². The molecule has 5 heteroatoms. The van der Waals surface area contributed by atoms with E-state index in [1.807, 2.05) is 4.68 Å². The zero-order valence-electron chi connectivity index (χ0n) is 12.4. The Morgan fingerprint density at radius 2 is 2.10 bits per heavy atom. The van der Waals surface area contributed by atoms with Gasteiger partial charge >= 0.3 is 0 Å². The van der Waals surface area contributed by atoms with Gasteiger partial charge in [-0.2, -0.15) is 5.10 Å². The van der Waals surface area contributed by atoms with Crippen molar-refractivity contribution in [2.45, 2.75) is 45.1 Å². The number of aromatic nitrogens is 2.